The van der Waals surface area contributed by atoms with Crippen molar-refractivity contribution in [2.45, 2.75) is 39.4 Å². The third-order valence-corrected chi connectivity index (χ3v) is 3.49. The molecule has 1 aromatic carbocycles. The maximum Gasteiger partial charge on any atom is 0.417 e. The number of oxime groups is 1. The van der Waals surface area contributed by atoms with Gasteiger partial charge in [0.1, 0.15) is 0 Å². The molecule has 21 heavy (non-hydrogen) atoms. The molecule has 0 radical (unpaired) electrons. The summed E-state index contributed by atoms with van der Waals surface area (Å²) >= 11 is 0. The molecule has 1 atom stereocenters. The zero-order valence-electron chi connectivity index (χ0n) is 12.3. The second kappa shape index (κ2) is 6.69. The van der Waals surface area contributed by atoms with Gasteiger partial charge in [0, 0.05) is 23.8 Å². The molecule has 7 heteroatoms. The molecular formula is C14H20F3N3O. The van der Waals surface area contributed by atoms with E-state index in [2.05, 4.69) is 5.16 Å². The van der Waals surface area contributed by atoms with Gasteiger partial charge in [-0.05, 0) is 38.5 Å². The Morgan fingerprint density at radius 3 is 2.43 bits per heavy atom. The van der Waals surface area contributed by atoms with Gasteiger partial charge in [-0.2, -0.15) is 13.2 Å². The lowest BCUT2D eigenvalue weighted by molar-refractivity contribution is -0.137. The first kappa shape index (κ1) is 17.1. The minimum absolute atomic E-state index is 0.116. The van der Waals surface area contributed by atoms with Gasteiger partial charge in [0.25, 0.3) is 0 Å². The van der Waals surface area contributed by atoms with Crippen LogP contribution in [-0.4, -0.2) is 23.6 Å². The first-order chi connectivity index (χ1) is 9.76. The number of rotatable bonds is 5. The average Bonchev–Trinajstić information content (AvgIpc) is 2.45. The minimum atomic E-state index is -4.57. The molecule has 0 saturated heterocycles. The van der Waals surface area contributed by atoms with Crippen molar-refractivity contribution in [2.24, 2.45) is 10.9 Å². The largest absolute Gasteiger partial charge is 0.417 e. The van der Waals surface area contributed by atoms with Crippen LogP contribution < -0.4 is 10.6 Å². The van der Waals surface area contributed by atoms with Crippen LogP contribution in [0.2, 0.25) is 0 Å². The smallest absolute Gasteiger partial charge is 0.409 e. The zero-order chi connectivity index (χ0) is 16.2. The van der Waals surface area contributed by atoms with Crippen molar-refractivity contribution in [3.63, 3.8) is 0 Å². The summed E-state index contributed by atoms with van der Waals surface area (Å²) in [6.45, 7) is 6.41. The highest BCUT2D eigenvalue weighted by Gasteiger charge is 2.35. The number of halogens is 3. The quantitative estimate of drug-likeness (QED) is 0.379. The molecule has 4 nitrogen and oxygen atoms in total. The molecule has 0 amide bonds. The Hall–Kier alpha value is -1.92. The van der Waals surface area contributed by atoms with Crippen molar-refractivity contribution in [1.82, 2.24) is 0 Å². The van der Waals surface area contributed by atoms with Crippen LogP contribution in [0.3, 0.4) is 0 Å². The van der Waals surface area contributed by atoms with Crippen molar-refractivity contribution >= 4 is 11.5 Å². The lowest BCUT2D eigenvalue weighted by Gasteiger charge is -2.30. The summed E-state index contributed by atoms with van der Waals surface area (Å²) in [6, 6.07) is 3.95. The van der Waals surface area contributed by atoms with Crippen LogP contribution in [0.5, 0.6) is 0 Å². The fraction of sp³-hybridized carbons (Fsp3) is 0.500. The number of alkyl halides is 3. The average molecular weight is 303 g/mol. The maximum absolute atomic E-state index is 13.2. The maximum atomic E-state index is 13.2. The van der Waals surface area contributed by atoms with Gasteiger partial charge >= 0.3 is 6.18 Å². The summed E-state index contributed by atoms with van der Waals surface area (Å²) in [5.41, 5.74) is 4.56. The fourth-order valence-corrected chi connectivity index (χ4v) is 2.19. The fourth-order valence-electron chi connectivity index (χ4n) is 2.19. The van der Waals surface area contributed by atoms with Crippen molar-refractivity contribution in [1.29, 1.82) is 0 Å². The second-order valence-corrected chi connectivity index (χ2v) is 4.76. The lowest BCUT2D eigenvalue weighted by atomic mass is 10.0. The van der Waals surface area contributed by atoms with Crippen LogP contribution in [-0.2, 0) is 6.18 Å². The molecule has 118 valence electrons. The highest BCUT2D eigenvalue weighted by atomic mass is 19.4. The van der Waals surface area contributed by atoms with Crippen LogP contribution in [0.1, 0.15) is 38.3 Å². The number of anilines is 1. The molecule has 0 aliphatic rings. The molecule has 1 unspecified atom stereocenters. The van der Waals surface area contributed by atoms with Gasteiger partial charge in [-0.3, -0.25) is 0 Å². The van der Waals surface area contributed by atoms with E-state index in [0.29, 0.717) is 12.2 Å². The zero-order valence-corrected chi connectivity index (χ0v) is 12.3. The van der Waals surface area contributed by atoms with Crippen molar-refractivity contribution in [2.75, 3.05) is 11.4 Å². The van der Waals surface area contributed by atoms with Gasteiger partial charge < -0.3 is 15.8 Å². The van der Waals surface area contributed by atoms with Crippen LogP contribution in [0.25, 0.3) is 0 Å². The molecule has 0 aliphatic heterocycles. The number of benzene rings is 1. The Bertz CT molecular complexity index is 515. The topological polar surface area (TPSA) is 61.8 Å². The predicted molar refractivity (Wildman–Crippen MR) is 76.7 cm³/mol. The van der Waals surface area contributed by atoms with E-state index < -0.39 is 17.6 Å². The number of amidine groups is 1. The number of nitrogens with two attached hydrogens (primary N) is 1. The van der Waals surface area contributed by atoms with Gasteiger partial charge in [-0.1, -0.05) is 12.1 Å². The Balaban J connectivity index is 3.40. The van der Waals surface area contributed by atoms with Crippen molar-refractivity contribution in [3.05, 3.63) is 29.3 Å². The molecule has 0 saturated carbocycles. The molecule has 0 spiro atoms. The van der Waals surface area contributed by atoms with E-state index in [1.165, 1.54) is 6.07 Å². The van der Waals surface area contributed by atoms with Crippen molar-refractivity contribution in [3.8, 4) is 0 Å². The Labute approximate surface area is 122 Å². The molecule has 0 heterocycles. The number of hydrogen-bond donors (Lipinski definition) is 2. The summed E-state index contributed by atoms with van der Waals surface area (Å²) in [5.74, 6) is -0.555. The van der Waals surface area contributed by atoms with Crippen LogP contribution in [0.4, 0.5) is 18.9 Å². The molecule has 0 aromatic heterocycles. The molecule has 0 aliphatic carbocycles. The van der Waals surface area contributed by atoms with E-state index in [9.17, 15) is 13.2 Å². The van der Waals surface area contributed by atoms with Crippen molar-refractivity contribution < 1.29 is 18.4 Å². The van der Waals surface area contributed by atoms with Gasteiger partial charge in [0.2, 0.25) is 0 Å². The molecule has 0 fully saturated rings. The number of hydrogen-bond acceptors (Lipinski definition) is 3. The first-order valence-corrected chi connectivity index (χ1v) is 6.72. The van der Waals surface area contributed by atoms with Crippen LogP contribution in [0, 0.1) is 0 Å². The Morgan fingerprint density at radius 2 is 2.00 bits per heavy atom. The molecular weight excluding hydrogens is 283 g/mol. The lowest BCUT2D eigenvalue weighted by Crippen LogP contribution is -2.32. The SMILES string of the molecule is CCC(C)N(CC)c1ccc(/C(N)=N/O)c(C(F)(F)F)c1. The van der Waals surface area contributed by atoms with Crippen LogP contribution >= 0.6 is 0 Å². The standard InChI is InChI=1S/C14H20F3N3O/c1-4-9(3)20(5-2)10-6-7-11(13(18)19-21)12(8-10)14(15,16)17/h6-9,21H,4-5H2,1-3H3,(H2,18,19). The summed E-state index contributed by atoms with van der Waals surface area (Å²) < 4.78 is 39.5. The van der Waals surface area contributed by atoms with Gasteiger partial charge in [0.15, 0.2) is 5.84 Å². The second-order valence-electron chi connectivity index (χ2n) is 4.76. The summed E-state index contributed by atoms with van der Waals surface area (Å²) in [5, 5.41) is 11.3. The summed E-state index contributed by atoms with van der Waals surface area (Å²) in [4.78, 5) is 1.88. The van der Waals surface area contributed by atoms with E-state index in [-0.39, 0.29) is 11.6 Å². The predicted octanol–water partition coefficient (Wildman–Crippen LogP) is 3.42. The molecule has 3 N–H and O–H groups in total. The molecule has 1 rings (SSSR count). The first-order valence-electron chi connectivity index (χ1n) is 6.72. The third kappa shape index (κ3) is 3.80. The Kier molecular flexibility index (Phi) is 5.46. The highest BCUT2D eigenvalue weighted by Crippen LogP contribution is 2.35. The van der Waals surface area contributed by atoms with E-state index >= 15 is 0 Å². The van der Waals surface area contributed by atoms with E-state index in [1.54, 1.807) is 6.07 Å². The van der Waals surface area contributed by atoms with E-state index in [4.69, 9.17) is 10.9 Å². The van der Waals surface area contributed by atoms with Crippen LogP contribution in [0.15, 0.2) is 23.4 Å². The molecule has 0 bridgehead atoms. The van der Waals surface area contributed by atoms with Gasteiger partial charge in [-0.25, -0.2) is 0 Å². The monoisotopic (exact) mass is 303 g/mol. The van der Waals surface area contributed by atoms with Gasteiger partial charge in [0.05, 0.1) is 5.56 Å². The minimum Gasteiger partial charge on any atom is -0.409 e. The highest BCUT2D eigenvalue weighted by molar-refractivity contribution is 5.99. The molecule has 1 aromatic rings. The summed E-state index contributed by atoms with van der Waals surface area (Å²) in [7, 11) is 0. The third-order valence-electron chi connectivity index (χ3n) is 3.49. The Morgan fingerprint density at radius 1 is 1.38 bits per heavy atom. The van der Waals surface area contributed by atoms with E-state index in [1.807, 2.05) is 25.7 Å². The summed E-state index contributed by atoms with van der Waals surface area (Å²) in [6.07, 6.45) is -3.76. The normalized spacial score (nSPS) is 14.1. The van der Waals surface area contributed by atoms with E-state index in [0.717, 1.165) is 12.5 Å². The number of nitrogens with zero attached hydrogens (tertiary/aromatic N) is 2. The van der Waals surface area contributed by atoms with Gasteiger partial charge in [-0.15, -0.1) is 0 Å².